The number of aliphatic carboxylic acids is 1. The molecule has 0 unspecified atom stereocenters. The first kappa shape index (κ1) is 15.8. The van der Waals surface area contributed by atoms with Crippen LogP contribution in [0, 0.1) is 0 Å². The molecule has 110 valence electrons. The van der Waals surface area contributed by atoms with Gasteiger partial charge in [-0.3, -0.25) is 4.90 Å². The Bertz CT molecular complexity index is 447. The number of hydrogen-bond donors (Lipinski definition) is 2. The minimum Gasteiger partial charge on any atom is -0.497 e. The third-order valence-corrected chi connectivity index (χ3v) is 2.51. The second-order valence-electron chi connectivity index (χ2n) is 3.94. The lowest BCUT2D eigenvalue weighted by molar-refractivity contribution is -0.142. The van der Waals surface area contributed by atoms with Gasteiger partial charge < -0.3 is 19.9 Å². The summed E-state index contributed by atoms with van der Waals surface area (Å²) in [5.74, 6) is -0.323. The van der Waals surface area contributed by atoms with Gasteiger partial charge in [0.1, 0.15) is 12.4 Å². The zero-order valence-corrected chi connectivity index (χ0v) is 11.5. The van der Waals surface area contributed by atoms with Crippen molar-refractivity contribution < 1.29 is 24.2 Å². The molecule has 7 nitrogen and oxygen atoms in total. The highest BCUT2D eigenvalue weighted by Gasteiger charge is 2.10. The van der Waals surface area contributed by atoms with Crippen molar-refractivity contribution in [3.63, 3.8) is 0 Å². The SMILES string of the molecule is COc1ccc(N(C)C(=O)NCCOCC(=O)O)cc1. The van der Waals surface area contributed by atoms with Crippen molar-refractivity contribution in [2.24, 2.45) is 0 Å². The molecule has 0 aliphatic heterocycles. The molecule has 0 bridgehead atoms. The van der Waals surface area contributed by atoms with E-state index in [0.29, 0.717) is 5.75 Å². The summed E-state index contributed by atoms with van der Waals surface area (Å²) in [6, 6.07) is 6.75. The van der Waals surface area contributed by atoms with Gasteiger partial charge in [-0.25, -0.2) is 9.59 Å². The summed E-state index contributed by atoms with van der Waals surface area (Å²) in [5, 5.41) is 11.0. The van der Waals surface area contributed by atoms with Crippen LogP contribution in [0.25, 0.3) is 0 Å². The summed E-state index contributed by atoms with van der Waals surface area (Å²) in [6.07, 6.45) is 0. The number of hydrogen-bond acceptors (Lipinski definition) is 4. The van der Waals surface area contributed by atoms with Crippen LogP contribution in [0.4, 0.5) is 10.5 Å². The van der Waals surface area contributed by atoms with Crippen LogP contribution in [0.2, 0.25) is 0 Å². The standard InChI is InChI=1S/C13H18N2O5/c1-15(10-3-5-11(19-2)6-4-10)13(18)14-7-8-20-9-12(16)17/h3-6H,7-9H2,1-2H3,(H,14,18)(H,16,17). The Hall–Kier alpha value is -2.28. The van der Waals surface area contributed by atoms with E-state index < -0.39 is 5.97 Å². The lowest BCUT2D eigenvalue weighted by Gasteiger charge is -2.18. The molecular formula is C13H18N2O5. The van der Waals surface area contributed by atoms with Gasteiger partial charge in [-0.05, 0) is 24.3 Å². The molecule has 0 aliphatic rings. The average molecular weight is 282 g/mol. The highest BCUT2D eigenvalue weighted by Crippen LogP contribution is 2.17. The normalized spacial score (nSPS) is 9.90. The van der Waals surface area contributed by atoms with Crippen molar-refractivity contribution in [3.05, 3.63) is 24.3 Å². The fourth-order valence-corrected chi connectivity index (χ4v) is 1.43. The number of anilines is 1. The van der Waals surface area contributed by atoms with E-state index in [2.05, 4.69) is 5.32 Å². The molecule has 1 aromatic carbocycles. The quantitative estimate of drug-likeness (QED) is 0.727. The van der Waals surface area contributed by atoms with Gasteiger partial charge in [-0.1, -0.05) is 0 Å². The minimum atomic E-state index is -1.04. The third kappa shape index (κ3) is 5.15. The Morgan fingerprint density at radius 3 is 2.50 bits per heavy atom. The molecular weight excluding hydrogens is 264 g/mol. The van der Waals surface area contributed by atoms with E-state index in [0.717, 1.165) is 5.69 Å². The maximum Gasteiger partial charge on any atom is 0.329 e. The van der Waals surface area contributed by atoms with Crippen LogP contribution in [-0.2, 0) is 9.53 Å². The van der Waals surface area contributed by atoms with Crippen LogP contribution in [0.5, 0.6) is 5.75 Å². The van der Waals surface area contributed by atoms with Crippen molar-refractivity contribution >= 4 is 17.7 Å². The predicted molar refractivity (Wildman–Crippen MR) is 73.3 cm³/mol. The van der Waals surface area contributed by atoms with Crippen LogP contribution in [0.1, 0.15) is 0 Å². The number of carboxylic acid groups (broad SMARTS) is 1. The molecule has 2 amide bonds. The summed E-state index contributed by atoms with van der Waals surface area (Å²) in [4.78, 5) is 23.5. The van der Waals surface area contributed by atoms with Crippen LogP contribution in [0.3, 0.4) is 0 Å². The van der Waals surface area contributed by atoms with Gasteiger partial charge in [0.05, 0.1) is 13.7 Å². The highest BCUT2D eigenvalue weighted by molar-refractivity contribution is 5.91. The van der Waals surface area contributed by atoms with Crippen LogP contribution >= 0.6 is 0 Å². The maximum atomic E-state index is 11.8. The molecule has 0 aliphatic carbocycles. The number of rotatable bonds is 7. The van der Waals surface area contributed by atoms with E-state index in [9.17, 15) is 9.59 Å². The monoisotopic (exact) mass is 282 g/mol. The number of amides is 2. The molecule has 0 radical (unpaired) electrons. The zero-order valence-electron chi connectivity index (χ0n) is 11.5. The minimum absolute atomic E-state index is 0.147. The molecule has 20 heavy (non-hydrogen) atoms. The molecule has 0 aromatic heterocycles. The van der Waals surface area contributed by atoms with Crippen molar-refractivity contribution in [1.29, 1.82) is 0 Å². The Balaban J connectivity index is 2.36. The number of carbonyl (C=O) groups is 2. The molecule has 0 saturated heterocycles. The molecule has 0 fully saturated rings. The average Bonchev–Trinajstić information content (AvgIpc) is 2.45. The molecule has 1 aromatic rings. The topological polar surface area (TPSA) is 88.1 Å². The molecule has 1 rings (SSSR count). The molecule has 2 N–H and O–H groups in total. The van der Waals surface area contributed by atoms with E-state index in [1.54, 1.807) is 38.4 Å². The lowest BCUT2D eigenvalue weighted by Crippen LogP contribution is -2.39. The van der Waals surface area contributed by atoms with Crippen LogP contribution in [-0.4, -0.2) is 51.0 Å². The van der Waals surface area contributed by atoms with Gasteiger partial charge in [0.2, 0.25) is 0 Å². The summed E-state index contributed by atoms with van der Waals surface area (Å²) in [5.41, 5.74) is 0.717. The van der Waals surface area contributed by atoms with Crippen molar-refractivity contribution in [3.8, 4) is 5.75 Å². The number of urea groups is 1. The number of carboxylic acids is 1. The van der Waals surface area contributed by atoms with Crippen molar-refractivity contribution in [2.45, 2.75) is 0 Å². The van der Waals surface area contributed by atoms with Crippen LogP contribution < -0.4 is 15.0 Å². The van der Waals surface area contributed by atoms with E-state index in [1.165, 1.54) is 4.90 Å². The zero-order chi connectivity index (χ0) is 15.0. The third-order valence-electron chi connectivity index (χ3n) is 2.51. The largest absolute Gasteiger partial charge is 0.497 e. The smallest absolute Gasteiger partial charge is 0.329 e. The Kier molecular flexibility index (Phi) is 6.31. The number of nitrogens with zero attached hydrogens (tertiary/aromatic N) is 1. The van der Waals surface area contributed by atoms with Gasteiger partial charge in [0.15, 0.2) is 0 Å². The summed E-state index contributed by atoms with van der Waals surface area (Å²) < 4.78 is 9.85. The molecule has 0 atom stereocenters. The first-order valence-corrected chi connectivity index (χ1v) is 5.99. The van der Waals surface area contributed by atoms with Gasteiger partial charge in [0, 0.05) is 19.3 Å². The summed E-state index contributed by atoms with van der Waals surface area (Å²) >= 11 is 0. The molecule has 0 saturated carbocycles. The Morgan fingerprint density at radius 1 is 1.30 bits per heavy atom. The molecule has 7 heteroatoms. The number of nitrogens with one attached hydrogen (secondary N) is 1. The molecule has 0 spiro atoms. The maximum absolute atomic E-state index is 11.8. The first-order valence-electron chi connectivity index (χ1n) is 5.99. The van der Waals surface area contributed by atoms with E-state index >= 15 is 0 Å². The van der Waals surface area contributed by atoms with Crippen LogP contribution in [0.15, 0.2) is 24.3 Å². The van der Waals surface area contributed by atoms with Gasteiger partial charge in [-0.2, -0.15) is 0 Å². The predicted octanol–water partition coefficient (Wildman–Crippen LogP) is 0.942. The van der Waals surface area contributed by atoms with E-state index in [1.807, 2.05) is 0 Å². The Labute approximate surface area is 117 Å². The van der Waals surface area contributed by atoms with Gasteiger partial charge >= 0.3 is 12.0 Å². The second-order valence-corrected chi connectivity index (χ2v) is 3.94. The van der Waals surface area contributed by atoms with Crippen molar-refractivity contribution in [1.82, 2.24) is 5.32 Å². The fraction of sp³-hybridized carbons (Fsp3) is 0.385. The van der Waals surface area contributed by atoms with Crippen molar-refractivity contribution in [2.75, 3.05) is 38.8 Å². The number of methoxy groups -OCH3 is 1. The summed E-state index contributed by atoms with van der Waals surface area (Å²) in [6.45, 7) is 0.0191. The molecule has 0 heterocycles. The number of benzene rings is 1. The number of carbonyl (C=O) groups excluding carboxylic acids is 1. The van der Waals surface area contributed by atoms with Gasteiger partial charge in [-0.15, -0.1) is 0 Å². The highest BCUT2D eigenvalue weighted by atomic mass is 16.5. The van der Waals surface area contributed by atoms with Gasteiger partial charge in [0.25, 0.3) is 0 Å². The fourth-order valence-electron chi connectivity index (χ4n) is 1.43. The summed E-state index contributed by atoms with van der Waals surface area (Å²) in [7, 11) is 3.21. The Morgan fingerprint density at radius 2 is 1.95 bits per heavy atom. The second kappa shape index (κ2) is 8.00. The van der Waals surface area contributed by atoms with E-state index in [-0.39, 0.29) is 25.8 Å². The number of ether oxygens (including phenoxy) is 2. The van der Waals surface area contributed by atoms with E-state index in [4.69, 9.17) is 14.6 Å². The lowest BCUT2D eigenvalue weighted by atomic mass is 10.3. The first-order chi connectivity index (χ1) is 9.54.